The summed E-state index contributed by atoms with van der Waals surface area (Å²) in [6.45, 7) is -0.594. The molecule has 5 atom stereocenters. The number of ether oxygens (including phenoxy) is 1. The summed E-state index contributed by atoms with van der Waals surface area (Å²) >= 11 is 0. The van der Waals surface area contributed by atoms with Gasteiger partial charge in [-0.1, -0.05) is 5.21 Å². The molecule has 1 fully saturated rings. The van der Waals surface area contributed by atoms with Crippen LogP contribution in [0.1, 0.15) is 16.7 Å². The number of hydrogen-bond donors (Lipinski definition) is 4. The Labute approximate surface area is 106 Å². The van der Waals surface area contributed by atoms with Gasteiger partial charge in [-0.05, 0) is 0 Å². The first-order valence-corrected chi connectivity index (χ1v) is 5.39. The summed E-state index contributed by atoms with van der Waals surface area (Å²) in [6.07, 6.45) is -6.08. The zero-order valence-electron chi connectivity index (χ0n) is 9.53. The maximum Gasteiger partial charge on any atom is 0.180 e. The number of nitrogens with zero attached hydrogens (tertiary/aromatic N) is 3. The Bertz CT molecular complexity index is 462. The number of aromatic nitrogens is 3. The highest BCUT2D eigenvalue weighted by Crippen LogP contribution is 2.27. The molecule has 1 saturated heterocycles. The molecule has 19 heavy (non-hydrogen) atoms. The van der Waals surface area contributed by atoms with Crippen molar-refractivity contribution in [3.63, 3.8) is 0 Å². The normalized spacial score (nSPS) is 35.3. The summed E-state index contributed by atoms with van der Waals surface area (Å²) in [5, 5.41) is 55.1. The van der Waals surface area contributed by atoms with Gasteiger partial charge < -0.3 is 35.1 Å². The molecule has 1 aromatic rings. The SMILES string of the molecule is O=C([O-])c1cn([C@H]2O[C@H](CO)[C@@H](O)[C@H](O)[C@H]2O)nn1. The van der Waals surface area contributed by atoms with E-state index >= 15 is 0 Å². The van der Waals surface area contributed by atoms with Crippen LogP contribution in [0.4, 0.5) is 0 Å². The van der Waals surface area contributed by atoms with Crippen LogP contribution in [0, 0.1) is 0 Å². The average Bonchev–Trinajstić information content (AvgIpc) is 2.86. The minimum Gasteiger partial charge on any atom is -0.543 e. The van der Waals surface area contributed by atoms with Gasteiger partial charge in [0, 0.05) is 0 Å². The van der Waals surface area contributed by atoms with Gasteiger partial charge in [0.15, 0.2) is 6.23 Å². The number of carbonyl (C=O) groups is 1. The molecule has 1 aliphatic rings. The minimum atomic E-state index is -1.58. The molecule has 2 rings (SSSR count). The van der Waals surface area contributed by atoms with E-state index in [1.54, 1.807) is 0 Å². The molecule has 4 N–H and O–H groups in total. The molecular formula is C9H12N3O7-. The van der Waals surface area contributed by atoms with Gasteiger partial charge in [0.05, 0.1) is 18.8 Å². The third kappa shape index (κ3) is 2.43. The van der Waals surface area contributed by atoms with Crippen LogP contribution in [-0.2, 0) is 4.74 Å². The zero-order chi connectivity index (χ0) is 14.2. The topological polar surface area (TPSA) is 161 Å². The summed E-state index contributed by atoms with van der Waals surface area (Å²) in [7, 11) is 0. The van der Waals surface area contributed by atoms with E-state index in [2.05, 4.69) is 10.3 Å². The van der Waals surface area contributed by atoms with Gasteiger partial charge in [0.1, 0.15) is 30.1 Å². The Balaban J connectivity index is 2.24. The summed E-state index contributed by atoms with van der Waals surface area (Å²) in [5.74, 6) is -1.56. The Morgan fingerprint density at radius 2 is 2.05 bits per heavy atom. The lowest BCUT2D eigenvalue weighted by atomic mass is 9.98. The first-order chi connectivity index (χ1) is 8.95. The van der Waals surface area contributed by atoms with E-state index in [1.807, 2.05) is 0 Å². The molecule has 10 heteroatoms. The number of carboxylic acids is 1. The van der Waals surface area contributed by atoms with E-state index in [4.69, 9.17) is 9.84 Å². The fourth-order valence-electron chi connectivity index (χ4n) is 1.80. The van der Waals surface area contributed by atoms with Gasteiger partial charge >= 0.3 is 0 Å². The van der Waals surface area contributed by atoms with Gasteiger partial charge in [-0.15, -0.1) is 5.10 Å². The quantitative estimate of drug-likeness (QED) is 0.426. The average molecular weight is 274 g/mol. The van der Waals surface area contributed by atoms with Gasteiger partial charge in [-0.25, -0.2) is 4.68 Å². The predicted octanol–water partition coefficient (Wildman–Crippen LogP) is -4.39. The summed E-state index contributed by atoms with van der Waals surface area (Å²) in [6, 6.07) is 0. The van der Waals surface area contributed by atoms with Gasteiger partial charge in [0.25, 0.3) is 0 Å². The number of carbonyl (C=O) groups excluding carboxylic acids is 1. The molecule has 10 nitrogen and oxygen atoms in total. The van der Waals surface area contributed by atoms with Crippen LogP contribution in [0.2, 0.25) is 0 Å². The van der Waals surface area contributed by atoms with E-state index < -0.39 is 48.9 Å². The van der Waals surface area contributed by atoms with E-state index in [0.29, 0.717) is 0 Å². The second-order valence-electron chi connectivity index (χ2n) is 4.09. The van der Waals surface area contributed by atoms with Crippen molar-refractivity contribution in [2.45, 2.75) is 30.6 Å². The molecule has 0 amide bonds. The van der Waals surface area contributed by atoms with Crippen LogP contribution in [0.25, 0.3) is 0 Å². The summed E-state index contributed by atoms with van der Waals surface area (Å²) in [4.78, 5) is 10.6. The molecule has 0 radical (unpaired) electrons. The minimum absolute atomic E-state index is 0.475. The predicted molar refractivity (Wildman–Crippen MR) is 53.4 cm³/mol. The molecule has 106 valence electrons. The van der Waals surface area contributed by atoms with Crippen molar-refractivity contribution >= 4 is 5.97 Å². The Kier molecular flexibility index (Phi) is 3.78. The molecule has 0 spiro atoms. The molecule has 0 saturated carbocycles. The first-order valence-electron chi connectivity index (χ1n) is 5.39. The van der Waals surface area contributed by atoms with Crippen molar-refractivity contribution in [3.8, 4) is 0 Å². The monoisotopic (exact) mass is 274 g/mol. The number of aromatic carboxylic acids is 1. The lowest BCUT2D eigenvalue weighted by molar-refractivity contribution is -0.256. The maximum atomic E-state index is 10.6. The van der Waals surface area contributed by atoms with Crippen molar-refractivity contribution in [1.29, 1.82) is 0 Å². The Morgan fingerprint density at radius 1 is 1.37 bits per heavy atom. The number of aliphatic hydroxyl groups excluding tert-OH is 4. The zero-order valence-corrected chi connectivity index (χ0v) is 9.53. The van der Waals surface area contributed by atoms with Crippen LogP contribution in [-0.4, -0.2) is 72.4 Å². The van der Waals surface area contributed by atoms with Crippen molar-refractivity contribution in [2.24, 2.45) is 0 Å². The van der Waals surface area contributed by atoms with Crippen molar-refractivity contribution in [1.82, 2.24) is 15.0 Å². The van der Waals surface area contributed by atoms with E-state index in [1.165, 1.54) is 0 Å². The number of aliphatic hydroxyl groups is 4. The third-order valence-corrected chi connectivity index (χ3v) is 2.85. The van der Waals surface area contributed by atoms with E-state index in [-0.39, 0.29) is 0 Å². The fourth-order valence-corrected chi connectivity index (χ4v) is 1.80. The van der Waals surface area contributed by atoms with Crippen LogP contribution < -0.4 is 5.11 Å². The van der Waals surface area contributed by atoms with Crippen LogP contribution in [0.3, 0.4) is 0 Å². The largest absolute Gasteiger partial charge is 0.543 e. The highest BCUT2D eigenvalue weighted by atomic mass is 16.6. The maximum absolute atomic E-state index is 10.6. The molecule has 0 aliphatic carbocycles. The lowest BCUT2D eigenvalue weighted by Gasteiger charge is -2.39. The third-order valence-electron chi connectivity index (χ3n) is 2.85. The Morgan fingerprint density at radius 3 is 2.58 bits per heavy atom. The molecule has 2 heterocycles. The smallest absolute Gasteiger partial charge is 0.180 e. The Hall–Kier alpha value is -1.59. The summed E-state index contributed by atoms with van der Waals surface area (Å²) < 4.78 is 6.02. The molecule has 0 aromatic carbocycles. The van der Waals surface area contributed by atoms with E-state index in [0.717, 1.165) is 10.9 Å². The summed E-state index contributed by atoms with van der Waals surface area (Å²) in [5.41, 5.74) is -0.475. The molecule has 1 aromatic heterocycles. The van der Waals surface area contributed by atoms with Crippen molar-refractivity contribution in [3.05, 3.63) is 11.9 Å². The number of rotatable bonds is 3. The number of hydrogen-bond acceptors (Lipinski definition) is 9. The molecule has 1 aliphatic heterocycles. The molecular weight excluding hydrogens is 262 g/mol. The van der Waals surface area contributed by atoms with Gasteiger partial charge in [0.2, 0.25) is 0 Å². The van der Waals surface area contributed by atoms with Crippen molar-refractivity contribution < 1.29 is 35.1 Å². The lowest BCUT2D eigenvalue weighted by Crippen LogP contribution is -2.56. The first kappa shape index (κ1) is 13.8. The highest BCUT2D eigenvalue weighted by molar-refractivity contribution is 5.82. The molecule has 0 bridgehead atoms. The number of carboxylic acid groups (broad SMARTS) is 1. The van der Waals surface area contributed by atoms with Crippen LogP contribution in [0.15, 0.2) is 6.20 Å². The van der Waals surface area contributed by atoms with Crippen LogP contribution >= 0.6 is 0 Å². The highest BCUT2D eigenvalue weighted by Gasteiger charge is 2.44. The fraction of sp³-hybridized carbons (Fsp3) is 0.667. The standard InChI is InChI=1S/C9H13N3O7/c13-2-4-5(14)6(15)7(16)8(19-4)12-1-3(9(17)18)10-11-12/h1,4-8,13-16H,2H2,(H,17,18)/p-1/t4-,5-,6+,7-,8+/m1/s1. The van der Waals surface area contributed by atoms with Gasteiger partial charge in [-0.3, -0.25) is 0 Å². The van der Waals surface area contributed by atoms with E-state index in [9.17, 15) is 25.2 Å². The molecule has 0 unspecified atom stereocenters. The van der Waals surface area contributed by atoms with Crippen molar-refractivity contribution in [2.75, 3.05) is 6.61 Å². The second-order valence-corrected chi connectivity index (χ2v) is 4.09. The van der Waals surface area contributed by atoms with Gasteiger partial charge in [-0.2, -0.15) is 0 Å². The van der Waals surface area contributed by atoms with Crippen LogP contribution in [0.5, 0.6) is 0 Å². The second kappa shape index (κ2) is 5.19.